The van der Waals surface area contributed by atoms with Crippen molar-refractivity contribution in [2.45, 2.75) is 150 Å². The van der Waals surface area contributed by atoms with Crippen molar-refractivity contribution in [3.8, 4) is 0 Å². The number of esters is 2. The lowest BCUT2D eigenvalue weighted by Gasteiger charge is -2.38. The number of primary amides is 1. The monoisotopic (exact) mass is 991 g/mol. The summed E-state index contributed by atoms with van der Waals surface area (Å²) < 4.78 is 9.77. The van der Waals surface area contributed by atoms with Gasteiger partial charge in [0.1, 0.15) is 18.6 Å². The normalized spacial score (nSPS) is 20.3. The Morgan fingerprint density at radius 2 is 1.34 bits per heavy atom. The molecule has 6 atom stereocenters. The lowest BCUT2D eigenvalue weighted by Crippen LogP contribution is -2.62. The van der Waals surface area contributed by atoms with Crippen molar-refractivity contribution in [2.75, 3.05) is 26.3 Å². The summed E-state index contributed by atoms with van der Waals surface area (Å²) in [6.45, 7) is 20.1. The van der Waals surface area contributed by atoms with E-state index >= 15 is 0 Å². The van der Waals surface area contributed by atoms with Gasteiger partial charge in [-0.05, 0) is 81.6 Å². The molecule has 16 nitrogen and oxygen atoms in total. The molecular weight excluding hydrogens is 914 g/mol. The number of fused-ring (bicyclic) bond motifs is 1. The molecule has 5 N–H and O–H groups in total. The third-order valence-corrected chi connectivity index (χ3v) is 13.8. The van der Waals surface area contributed by atoms with Crippen LogP contribution in [0.15, 0.2) is 65.7 Å². The summed E-state index contributed by atoms with van der Waals surface area (Å²) in [5.41, 5.74) is 6.82. The van der Waals surface area contributed by atoms with E-state index in [-0.39, 0.29) is 47.6 Å². The number of carbonyl (C=O) groups is 7. The number of rotatable bonds is 18. The van der Waals surface area contributed by atoms with Crippen LogP contribution in [-0.2, 0) is 38.2 Å². The van der Waals surface area contributed by atoms with Gasteiger partial charge in [0.2, 0.25) is 17.6 Å². The van der Waals surface area contributed by atoms with Gasteiger partial charge in [0, 0.05) is 23.2 Å². The van der Waals surface area contributed by atoms with Crippen LogP contribution in [0.2, 0.25) is 0 Å². The molecule has 1 saturated heterocycles. The number of piperidine rings is 1. The number of nitrogens with zero attached hydrogens (tertiary/aromatic N) is 3. The lowest BCUT2D eigenvalue weighted by molar-refractivity contribution is -0.145. The third kappa shape index (κ3) is 16.4. The quantitative estimate of drug-likeness (QED) is 0.0660. The number of nitrogens with two attached hydrogens (primary N) is 1. The highest BCUT2D eigenvalue weighted by Gasteiger charge is 2.70. The van der Waals surface area contributed by atoms with E-state index in [1.807, 2.05) is 102 Å². The van der Waals surface area contributed by atoms with Crippen LogP contribution in [0.4, 0.5) is 4.79 Å². The molecule has 4 aliphatic rings. The van der Waals surface area contributed by atoms with E-state index in [4.69, 9.17) is 27.0 Å². The van der Waals surface area contributed by atoms with E-state index in [0.717, 1.165) is 42.5 Å². The number of benzene rings is 2. The van der Waals surface area contributed by atoms with Crippen LogP contribution in [0.1, 0.15) is 132 Å². The second-order valence-electron chi connectivity index (χ2n) is 21.5. The fourth-order valence-corrected chi connectivity index (χ4v) is 9.37. The van der Waals surface area contributed by atoms with Gasteiger partial charge in [0.05, 0.1) is 25.0 Å². The summed E-state index contributed by atoms with van der Waals surface area (Å²) in [5, 5.41) is 8.44. The second-order valence-corrected chi connectivity index (χ2v) is 21.7. The first-order chi connectivity index (χ1) is 32.9. The molecule has 70 heavy (non-hydrogen) atoms. The van der Waals surface area contributed by atoms with Gasteiger partial charge in [0.15, 0.2) is 0 Å². The minimum atomic E-state index is -1.07. The molecule has 2 aromatic rings. The van der Waals surface area contributed by atoms with Crippen molar-refractivity contribution in [3.05, 3.63) is 76.6 Å². The van der Waals surface area contributed by atoms with Crippen LogP contribution < -0.4 is 21.7 Å². The fraction of sp³-hybridized carbons (Fsp3) is 0.623. The average molecular weight is 992 g/mol. The number of halogens is 1. The van der Waals surface area contributed by atoms with Crippen LogP contribution in [-0.4, -0.2) is 108 Å². The highest BCUT2D eigenvalue weighted by atomic mass is 35.5. The van der Waals surface area contributed by atoms with Crippen LogP contribution >= 0.6 is 11.8 Å². The summed E-state index contributed by atoms with van der Waals surface area (Å²) >= 11 is 5.35. The van der Waals surface area contributed by atoms with Gasteiger partial charge in [-0.15, -0.1) is 0 Å². The Morgan fingerprint density at radius 1 is 0.814 bits per heavy atom. The third-order valence-electron chi connectivity index (χ3n) is 13.5. The molecule has 6 rings (SSSR count). The molecule has 1 aliphatic heterocycles. The van der Waals surface area contributed by atoms with Gasteiger partial charge in [-0.1, -0.05) is 140 Å². The first-order valence-corrected chi connectivity index (χ1v) is 25.1. The van der Waals surface area contributed by atoms with Gasteiger partial charge in [-0.25, -0.2) is 4.79 Å². The van der Waals surface area contributed by atoms with Crippen molar-refractivity contribution >= 4 is 59.0 Å². The minimum absolute atomic E-state index is 0.0347. The number of ketones is 1. The molecule has 1 heterocycles. The van der Waals surface area contributed by atoms with E-state index in [1.54, 1.807) is 18.7 Å². The summed E-state index contributed by atoms with van der Waals surface area (Å²) in [6.07, 6.45) is 7.72. The van der Waals surface area contributed by atoms with Gasteiger partial charge in [-0.3, -0.25) is 45.5 Å². The zero-order valence-electron chi connectivity index (χ0n) is 42.8. The number of likely N-dealkylation sites (tertiary alicyclic amines) is 1. The largest absolute Gasteiger partial charge is 0.563 e. The van der Waals surface area contributed by atoms with E-state index in [9.17, 15) is 33.6 Å². The van der Waals surface area contributed by atoms with Gasteiger partial charge in [0.25, 0.3) is 11.9 Å². The first-order valence-electron chi connectivity index (χ1n) is 24.7. The maximum absolute atomic E-state index is 13.9. The molecule has 0 radical (unpaired) electrons. The Hall–Kier alpha value is -5.35. The fourth-order valence-electron chi connectivity index (χ4n) is 9.21. The number of aliphatic imine (C=N–C) groups is 1. The number of hydrogen-bond acceptors (Lipinski definition) is 10. The van der Waals surface area contributed by atoms with Crippen LogP contribution in [0.5, 0.6) is 0 Å². The molecule has 5 amide bonds. The van der Waals surface area contributed by atoms with Crippen molar-refractivity contribution in [1.29, 1.82) is 0 Å². The highest BCUT2D eigenvalue weighted by molar-refractivity contribution is 6.37. The van der Waals surface area contributed by atoms with E-state index in [0.29, 0.717) is 32.1 Å². The molecule has 3 aliphatic carbocycles. The standard InChI is InChI=1S/C27H45N5O5.C17H17NO2.C9H15ClNO2/c1-25(2,3)20(30-24(37)31-26(4,5)6)23(36)32-13-15-17(27(15,7)8)18(32)22(35)29-16(19(33)21(28)34)12-14-10-9-11-14;1-2-20-16(19)13-18-17(14-9-5-3-6-10-14)15-11-7-4-8-12-15;1-2-13-9(12)8(11-10)6-7-4-3-5-7/h14-18,20H,9-13H2,1-8H3,(H2,28,34)(H,29,35)(H2,30,31,37);3-12H,2,13H2,1H3;7-8H,2-6H2,1H3/q;;-1/t15-,16?,17-,18-,20+;;/m0../s1. The molecule has 17 heteroatoms. The van der Waals surface area contributed by atoms with Crippen LogP contribution in [0.3, 0.4) is 0 Å². The van der Waals surface area contributed by atoms with E-state index in [2.05, 4.69) is 39.6 Å². The zero-order valence-corrected chi connectivity index (χ0v) is 43.6. The van der Waals surface area contributed by atoms with Crippen LogP contribution in [0.25, 0.3) is 4.84 Å². The number of nitrogens with one attached hydrogen (secondary N) is 3. The van der Waals surface area contributed by atoms with E-state index in [1.165, 1.54) is 19.3 Å². The SMILES string of the molecule is CC(C)(C)NC(=O)N[C@H](C(=O)N1C[C@H]2[C@@H]([C@H]1C(=O)NC(CC1CCC1)C(=O)C(N)=O)C2(C)C)C(C)(C)C.CCOC(=O)C(CC1CCC1)[N-]Cl.CCOC(=O)CN=C(c1ccccc1)c1ccccc1. The molecule has 2 unspecified atom stereocenters. The lowest BCUT2D eigenvalue weighted by atomic mass is 9.80. The predicted octanol–water partition coefficient (Wildman–Crippen LogP) is 7.43. The number of Topliss-reactive ketones (excluding diaryl/α,β-unsaturated/α-hetero) is 1. The zero-order chi connectivity index (χ0) is 52.0. The van der Waals surface area contributed by atoms with E-state index < -0.39 is 58.7 Å². The summed E-state index contributed by atoms with van der Waals surface area (Å²) in [7, 11) is 0. The molecular formula is C53H77ClN7O9-. The number of urea groups is 1. The van der Waals surface area contributed by atoms with Gasteiger partial charge >= 0.3 is 12.0 Å². The number of hydrogen-bond donors (Lipinski definition) is 4. The molecule has 3 saturated carbocycles. The maximum atomic E-state index is 13.9. The minimum Gasteiger partial charge on any atom is -0.563 e. The Kier molecular flexibility index (Phi) is 21.0. The molecule has 0 spiro atoms. The Morgan fingerprint density at radius 3 is 1.79 bits per heavy atom. The summed E-state index contributed by atoms with van der Waals surface area (Å²) in [5.74, 6) is -2.32. The van der Waals surface area contributed by atoms with Crippen molar-refractivity contribution in [3.63, 3.8) is 0 Å². The summed E-state index contributed by atoms with van der Waals surface area (Å²) in [6, 6.07) is 16.1. The Bertz CT molecular complexity index is 2090. The maximum Gasteiger partial charge on any atom is 0.327 e. The first kappa shape index (κ1) is 57.2. The molecule has 0 aromatic heterocycles. The second kappa shape index (κ2) is 25.7. The number of amides is 5. The molecule has 2 aromatic carbocycles. The van der Waals surface area contributed by atoms with Gasteiger partial charge in [-0.2, -0.15) is 0 Å². The Balaban J connectivity index is 0.000000267. The Labute approximate surface area is 419 Å². The predicted molar refractivity (Wildman–Crippen MR) is 271 cm³/mol. The highest BCUT2D eigenvalue weighted by Crippen LogP contribution is 2.65. The molecule has 0 bridgehead atoms. The summed E-state index contributed by atoms with van der Waals surface area (Å²) in [4.78, 5) is 96.8. The smallest absolute Gasteiger partial charge is 0.327 e. The van der Waals surface area contributed by atoms with Crippen LogP contribution in [0, 0.1) is 34.5 Å². The molecule has 386 valence electrons. The number of carbonyl (C=O) groups excluding carboxylic acids is 7. The topological polar surface area (TPSA) is 230 Å². The number of ether oxygens (including phenoxy) is 2. The average Bonchev–Trinajstić information content (AvgIpc) is 3.55. The van der Waals surface area contributed by atoms with Crippen molar-refractivity contribution in [1.82, 2.24) is 20.9 Å². The van der Waals surface area contributed by atoms with Gasteiger partial charge < -0.3 is 40.9 Å². The molecule has 4 fully saturated rings. The van der Waals surface area contributed by atoms with Crippen molar-refractivity contribution < 1.29 is 43.0 Å². The van der Waals surface area contributed by atoms with Crippen molar-refractivity contribution in [2.24, 2.45) is 45.2 Å².